The Labute approximate surface area is 196 Å². The summed E-state index contributed by atoms with van der Waals surface area (Å²) in [6, 6.07) is 11.0. The monoisotopic (exact) mass is 513 g/mol. The number of fused-ring (bicyclic) bond motifs is 1. The van der Waals surface area contributed by atoms with E-state index in [0.29, 0.717) is 46.3 Å². The number of aliphatic hydroxyl groups excluding tert-OH is 1. The van der Waals surface area contributed by atoms with Crippen LogP contribution in [0.1, 0.15) is 23.0 Å². The Bertz CT molecular complexity index is 1280. The molecule has 4 rings (SSSR count). The van der Waals surface area contributed by atoms with E-state index in [9.17, 15) is 5.11 Å². The van der Waals surface area contributed by atoms with Gasteiger partial charge in [-0.15, -0.1) is 11.3 Å². The zero-order chi connectivity index (χ0) is 22.7. The molecule has 11 heteroatoms. The van der Waals surface area contributed by atoms with Crippen molar-refractivity contribution in [2.75, 3.05) is 23.5 Å². The van der Waals surface area contributed by atoms with E-state index in [1.165, 1.54) is 17.7 Å². The number of nitrogens with zero attached hydrogens (tertiary/aromatic N) is 3. The molecule has 0 bridgehead atoms. The van der Waals surface area contributed by atoms with Gasteiger partial charge in [-0.2, -0.15) is 0 Å². The van der Waals surface area contributed by atoms with E-state index in [0.717, 1.165) is 10.4 Å². The van der Waals surface area contributed by atoms with Crippen LogP contribution in [0.3, 0.4) is 0 Å². The van der Waals surface area contributed by atoms with Crippen LogP contribution in [0.25, 0.3) is 10.2 Å². The summed E-state index contributed by atoms with van der Waals surface area (Å²) >= 11 is 4.64. The molecule has 164 valence electrons. The summed E-state index contributed by atoms with van der Waals surface area (Å²) in [5.41, 5.74) is 9.73. The van der Waals surface area contributed by atoms with Gasteiger partial charge in [-0.1, -0.05) is 12.1 Å². The van der Waals surface area contributed by atoms with Crippen LogP contribution in [0.5, 0.6) is 5.88 Å². The van der Waals surface area contributed by atoms with Crippen molar-refractivity contribution in [2.24, 2.45) is 0 Å². The summed E-state index contributed by atoms with van der Waals surface area (Å²) < 4.78 is 6.05. The predicted octanol–water partition coefficient (Wildman–Crippen LogP) is 4.11. The molecule has 1 aromatic carbocycles. The van der Waals surface area contributed by atoms with Crippen molar-refractivity contribution >= 4 is 59.3 Å². The first-order valence-corrected chi connectivity index (χ1v) is 11.2. The average Bonchev–Trinajstić information content (AvgIpc) is 3.23. The number of hydrogen-bond acceptors (Lipinski definition) is 10. The number of ether oxygens (including phenoxy) is 1. The minimum atomic E-state index is -1.06. The lowest BCUT2D eigenvalue weighted by Crippen LogP contribution is -2.14. The van der Waals surface area contributed by atoms with Crippen molar-refractivity contribution in [2.45, 2.75) is 12.8 Å². The Morgan fingerprint density at radius 1 is 1.25 bits per heavy atom. The minimum absolute atomic E-state index is 0.163. The van der Waals surface area contributed by atoms with Crippen molar-refractivity contribution in [1.29, 1.82) is 5.41 Å². The maximum absolute atomic E-state index is 10.9. The van der Waals surface area contributed by atoms with Crippen LogP contribution in [0.4, 0.5) is 17.2 Å². The Morgan fingerprint density at radius 3 is 2.81 bits per heavy atom. The molecule has 0 aliphatic heterocycles. The standard InChI is InChI=1S/C21H20BrN7O2S/c1-31-15-7-2-4-11(28-15)8-25-13-5-3-6-14(16(13)19(22)23)29-21(30)12-9-32-18-17(12)26-10-27-20(18)24/h2-7,9-10,21,23,25,29-30H,8H2,1H3,(H2,24,26,27). The van der Waals surface area contributed by atoms with Gasteiger partial charge in [0, 0.05) is 28.4 Å². The summed E-state index contributed by atoms with van der Waals surface area (Å²) in [5.74, 6) is 0.905. The van der Waals surface area contributed by atoms with Gasteiger partial charge in [-0.25, -0.2) is 15.0 Å². The van der Waals surface area contributed by atoms with E-state index in [1.807, 2.05) is 24.3 Å². The number of thiophene rings is 1. The molecular formula is C21H20BrN7O2S. The lowest BCUT2D eigenvalue weighted by atomic mass is 10.1. The SMILES string of the molecule is COc1cccc(CNc2cccc(NC(O)c3csc4c(N)ncnc34)c2C(=N)Br)n1. The molecule has 0 aliphatic carbocycles. The fourth-order valence-electron chi connectivity index (χ4n) is 3.22. The van der Waals surface area contributed by atoms with Gasteiger partial charge >= 0.3 is 0 Å². The molecule has 0 saturated heterocycles. The van der Waals surface area contributed by atoms with E-state index in [-0.39, 0.29) is 4.62 Å². The quantitative estimate of drug-likeness (QED) is 0.175. The first kappa shape index (κ1) is 21.9. The van der Waals surface area contributed by atoms with E-state index in [1.54, 1.807) is 24.6 Å². The first-order valence-electron chi connectivity index (χ1n) is 9.51. The third-order valence-electron chi connectivity index (χ3n) is 4.73. The zero-order valence-corrected chi connectivity index (χ0v) is 19.4. The fraction of sp³-hybridized carbons (Fsp3) is 0.143. The van der Waals surface area contributed by atoms with Gasteiger partial charge in [0.1, 0.15) is 16.8 Å². The molecule has 0 fully saturated rings. The van der Waals surface area contributed by atoms with Crippen molar-refractivity contribution < 1.29 is 9.84 Å². The molecule has 0 amide bonds. The molecule has 1 unspecified atom stereocenters. The fourth-order valence-corrected chi connectivity index (χ4v) is 4.59. The van der Waals surface area contributed by atoms with Crippen LogP contribution in [0, 0.1) is 5.41 Å². The van der Waals surface area contributed by atoms with Gasteiger partial charge in [0.05, 0.1) is 35.1 Å². The molecule has 3 aromatic heterocycles. The number of rotatable bonds is 8. The van der Waals surface area contributed by atoms with Crippen LogP contribution in [-0.4, -0.2) is 31.8 Å². The highest BCUT2D eigenvalue weighted by Crippen LogP contribution is 2.34. The molecule has 9 nitrogen and oxygen atoms in total. The largest absolute Gasteiger partial charge is 0.481 e. The van der Waals surface area contributed by atoms with Gasteiger partial charge in [0.2, 0.25) is 5.88 Å². The van der Waals surface area contributed by atoms with Crippen molar-refractivity contribution in [3.63, 3.8) is 0 Å². The molecule has 0 aliphatic rings. The number of halogens is 1. The maximum Gasteiger partial charge on any atom is 0.213 e. The maximum atomic E-state index is 10.9. The molecule has 32 heavy (non-hydrogen) atoms. The second kappa shape index (κ2) is 9.47. The van der Waals surface area contributed by atoms with Crippen LogP contribution in [0.2, 0.25) is 0 Å². The molecule has 0 spiro atoms. The molecule has 3 heterocycles. The Balaban J connectivity index is 1.60. The van der Waals surface area contributed by atoms with E-state index in [4.69, 9.17) is 15.9 Å². The van der Waals surface area contributed by atoms with Crippen molar-refractivity contribution in [3.8, 4) is 5.88 Å². The Morgan fingerprint density at radius 2 is 2.03 bits per heavy atom. The number of pyridine rings is 1. The summed E-state index contributed by atoms with van der Waals surface area (Å²) in [7, 11) is 1.57. The zero-order valence-electron chi connectivity index (χ0n) is 17.0. The van der Waals surface area contributed by atoms with Gasteiger partial charge in [-0.05, 0) is 34.1 Å². The van der Waals surface area contributed by atoms with Crippen LogP contribution >= 0.6 is 27.3 Å². The molecule has 0 saturated carbocycles. The van der Waals surface area contributed by atoms with Crippen LogP contribution < -0.4 is 21.1 Å². The number of aliphatic hydroxyl groups is 1. The predicted molar refractivity (Wildman–Crippen MR) is 131 cm³/mol. The van der Waals surface area contributed by atoms with Crippen LogP contribution in [0.15, 0.2) is 48.1 Å². The number of nitrogen functional groups attached to an aromatic ring is 1. The van der Waals surface area contributed by atoms with E-state index < -0.39 is 6.23 Å². The summed E-state index contributed by atoms with van der Waals surface area (Å²) in [4.78, 5) is 12.6. The molecule has 0 radical (unpaired) electrons. The first-order chi connectivity index (χ1) is 15.5. The average molecular weight is 514 g/mol. The highest BCUT2D eigenvalue weighted by atomic mass is 79.9. The number of aromatic nitrogens is 3. The highest BCUT2D eigenvalue weighted by molar-refractivity contribution is 9.18. The number of methoxy groups -OCH3 is 1. The normalized spacial score (nSPS) is 11.8. The van der Waals surface area contributed by atoms with Crippen LogP contribution in [-0.2, 0) is 6.54 Å². The minimum Gasteiger partial charge on any atom is -0.481 e. The summed E-state index contributed by atoms with van der Waals surface area (Å²) in [6.07, 6.45) is 0.316. The van der Waals surface area contributed by atoms with E-state index >= 15 is 0 Å². The number of nitrogens with two attached hydrogens (primary N) is 1. The number of nitrogens with one attached hydrogen (secondary N) is 3. The summed E-state index contributed by atoms with van der Waals surface area (Å²) in [6.45, 7) is 0.432. The topological polar surface area (TPSA) is 142 Å². The second-order valence-corrected chi connectivity index (χ2v) is 8.41. The molecule has 4 aromatic rings. The number of benzene rings is 1. The number of hydrogen-bond donors (Lipinski definition) is 5. The van der Waals surface area contributed by atoms with Gasteiger partial charge in [0.25, 0.3) is 0 Å². The third kappa shape index (κ3) is 4.49. The molecular weight excluding hydrogens is 494 g/mol. The number of anilines is 3. The smallest absolute Gasteiger partial charge is 0.213 e. The van der Waals surface area contributed by atoms with Gasteiger partial charge in [-0.3, -0.25) is 5.41 Å². The second-order valence-electron chi connectivity index (χ2n) is 6.74. The molecule has 1 atom stereocenters. The van der Waals surface area contributed by atoms with Crippen molar-refractivity contribution in [1.82, 2.24) is 15.0 Å². The van der Waals surface area contributed by atoms with Gasteiger partial charge < -0.3 is 26.2 Å². The highest BCUT2D eigenvalue weighted by Gasteiger charge is 2.19. The van der Waals surface area contributed by atoms with E-state index in [2.05, 4.69) is 41.5 Å². The van der Waals surface area contributed by atoms with Crippen molar-refractivity contribution in [3.05, 3.63) is 64.9 Å². The Kier molecular flexibility index (Phi) is 6.49. The summed E-state index contributed by atoms with van der Waals surface area (Å²) in [5, 5.41) is 27.3. The lowest BCUT2D eigenvalue weighted by molar-refractivity contribution is 0.210. The Hall–Kier alpha value is -3.28. The third-order valence-corrected chi connectivity index (χ3v) is 6.14. The molecule has 6 N–H and O–H groups in total. The van der Waals surface area contributed by atoms with Gasteiger partial charge in [0.15, 0.2) is 6.23 Å². The lowest BCUT2D eigenvalue weighted by Gasteiger charge is -2.19.